The number of nitrogens with one attached hydrogen (secondary N) is 1. The van der Waals surface area contributed by atoms with E-state index in [0.29, 0.717) is 13.2 Å². The van der Waals surface area contributed by atoms with Gasteiger partial charge in [0.1, 0.15) is 6.04 Å². The van der Waals surface area contributed by atoms with Gasteiger partial charge in [-0.1, -0.05) is 0 Å². The van der Waals surface area contributed by atoms with Gasteiger partial charge < -0.3 is 19.9 Å². The van der Waals surface area contributed by atoms with E-state index in [9.17, 15) is 9.59 Å². The van der Waals surface area contributed by atoms with Crippen molar-refractivity contribution < 1.29 is 14.3 Å². The average Bonchev–Trinajstić information content (AvgIpc) is 2.73. The highest BCUT2D eigenvalue weighted by atomic mass is 16.5. The van der Waals surface area contributed by atoms with Crippen LogP contribution in [-0.2, 0) is 9.53 Å². The van der Waals surface area contributed by atoms with Crippen molar-refractivity contribution in [2.45, 2.75) is 24.5 Å². The standard InChI is InChI=1S/C11H17N3O3/c1-13-6-3-7-8(5-17-2)12-10(15)9(7)14(4-6)11(13)16/h6-9H,3-5H2,1-2H3,(H,12,15)/t6-,7+,8?,9+/m1/s1. The smallest absolute Gasteiger partial charge is 0.320 e. The highest BCUT2D eigenvalue weighted by molar-refractivity contribution is 5.91. The van der Waals surface area contributed by atoms with Gasteiger partial charge in [0.05, 0.1) is 18.7 Å². The van der Waals surface area contributed by atoms with Crippen molar-refractivity contribution in [3.8, 4) is 0 Å². The van der Waals surface area contributed by atoms with Gasteiger partial charge in [0, 0.05) is 26.6 Å². The second-order valence-electron chi connectivity index (χ2n) is 5.11. The number of carbonyl (C=O) groups excluding carboxylic acids is 2. The Morgan fingerprint density at radius 3 is 2.94 bits per heavy atom. The van der Waals surface area contributed by atoms with Crippen LogP contribution in [0.1, 0.15) is 6.42 Å². The maximum Gasteiger partial charge on any atom is 0.320 e. The van der Waals surface area contributed by atoms with Crippen LogP contribution in [0.3, 0.4) is 0 Å². The molecule has 1 unspecified atom stereocenters. The Kier molecular flexibility index (Phi) is 2.29. The van der Waals surface area contributed by atoms with E-state index in [0.717, 1.165) is 6.42 Å². The average molecular weight is 239 g/mol. The van der Waals surface area contributed by atoms with Crippen LogP contribution in [0.15, 0.2) is 0 Å². The molecule has 0 spiro atoms. The highest BCUT2D eigenvalue weighted by Crippen LogP contribution is 2.37. The van der Waals surface area contributed by atoms with Crippen LogP contribution in [0.5, 0.6) is 0 Å². The first-order valence-corrected chi connectivity index (χ1v) is 5.96. The lowest BCUT2D eigenvalue weighted by molar-refractivity contribution is -0.123. The van der Waals surface area contributed by atoms with Gasteiger partial charge in [-0.3, -0.25) is 4.79 Å². The Morgan fingerprint density at radius 2 is 2.24 bits per heavy atom. The SMILES string of the molecule is COCC1NC(=O)[C@@H]2[C@H]1C[C@@H]1CN2C(=O)N1C. The summed E-state index contributed by atoms with van der Waals surface area (Å²) in [6.45, 7) is 1.20. The molecule has 3 rings (SSSR count). The van der Waals surface area contributed by atoms with Crippen LogP contribution >= 0.6 is 0 Å². The van der Waals surface area contributed by atoms with E-state index in [2.05, 4.69) is 5.32 Å². The molecule has 0 radical (unpaired) electrons. The predicted octanol–water partition coefficient (Wildman–Crippen LogP) is -0.744. The zero-order valence-corrected chi connectivity index (χ0v) is 10.0. The molecule has 94 valence electrons. The Balaban J connectivity index is 1.88. The Labute approximate surface area is 99.9 Å². The van der Waals surface area contributed by atoms with E-state index in [1.165, 1.54) is 0 Å². The normalized spacial score (nSPS) is 39.6. The minimum atomic E-state index is -0.288. The van der Waals surface area contributed by atoms with Crippen LogP contribution < -0.4 is 5.32 Å². The third-order valence-electron chi connectivity index (χ3n) is 4.25. The number of hydrogen-bond acceptors (Lipinski definition) is 3. The molecule has 0 aromatic heterocycles. The molecule has 3 heterocycles. The first kappa shape index (κ1) is 10.8. The van der Waals surface area contributed by atoms with Gasteiger partial charge in [-0.25, -0.2) is 4.79 Å². The van der Waals surface area contributed by atoms with Gasteiger partial charge >= 0.3 is 6.03 Å². The third-order valence-corrected chi connectivity index (χ3v) is 4.25. The number of carbonyl (C=O) groups is 2. The van der Waals surface area contributed by atoms with Crippen LogP contribution in [0.4, 0.5) is 4.79 Å². The van der Waals surface area contributed by atoms with Crippen molar-refractivity contribution in [3.63, 3.8) is 0 Å². The van der Waals surface area contributed by atoms with E-state index >= 15 is 0 Å². The lowest BCUT2D eigenvalue weighted by atomic mass is 9.86. The number of methoxy groups -OCH3 is 1. The van der Waals surface area contributed by atoms with Crippen LogP contribution in [0.2, 0.25) is 0 Å². The summed E-state index contributed by atoms with van der Waals surface area (Å²) < 4.78 is 5.14. The fourth-order valence-electron chi connectivity index (χ4n) is 3.37. The number of urea groups is 1. The molecule has 0 aliphatic carbocycles. The zero-order valence-electron chi connectivity index (χ0n) is 10.0. The summed E-state index contributed by atoms with van der Waals surface area (Å²) in [5, 5.41) is 2.94. The molecule has 4 atom stereocenters. The van der Waals surface area contributed by atoms with E-state index in [1.807, 2.05) is 7.05 Å². The van der Waals surface area contributed by atoms with Gasteiger partial charge in [-0.05, 0) is 6.42 Å². The molecule has 3 fully saturated rings. The molecule has 3 aliphatic heterocycles. The molecule has 3 amide bonds. The second-order valence-corrected chi connectivity index (χ2v) is 5.11. The largest absolute Gasteiger partial charge is 0.383 e. The van der Waals surface area contributed by atoms with Crippen molar-refractivity contribution in [3.05, 3.63) is 0 Å². The van der Waals surface area contributed by atoms with Gasteiger partial charge in [0.25, 0.3) is 0 Å². The van der Waals surface area contributed by atoms with Crippen molar-refractivity contribution in [2.75, 3.05) is 27.3 Å². The molecule has 1 N–H and O–H groups in total. The van der Waals surface area contributed by atoms with Crippen LogP contribution in [0, 0.1) is 5.92 Å². The summed E-state index contributed by atoms with van der Waals surface area (Å²) in [6.07, 6.45) is 0.885. The summed E-state index contributed by atoms with van der Waals surface area (Å²) in [6, 6.07) is -0.0162. The predicted molar refractivity (Wildman–Crippen MR) is 59.4 cm³/mol. The number of piperidine rings is 1. The number of hydrogen-bond donors (Lipinski definition) is 1. The quantitative estimate of drug-likeness (QED) is 0.690. The molecule has 6 heteroatoms. The number of rotatable bonds is 2. The van der Waals surface area contributed by atoms with Crippen LogP contribution in [-0.4, -0.2) is 67.2 Å². The number of nitrogens with zero attached hydrogens (tertiary/aromatic N) is 2. The van der Waals surface area contributed by atoms with E-state index in [-0.39, 0.29) is 36.0 Å². The maximum absolute atomic E-state index is 12.0. The fraction of sp³-hybridized carbons (Fsp3) is 0.818. The monoisotopic (exact) mass is 239 g/mol. The van der Waals surface area contributed by atoms with Gasteiger partial charge in [-0.2, -0.15) is 0 Å². The molecule has 0 aromatic carbocycles. The van der Waals surface area contributed by atoms with E-state index < -0.39 is 0 Å². The zero-order chi connectivity index (χ0) is 12.2. The molecular formula is C11H17N3O3. The number of amides is 3. The minimum absolute atomic E-state index is 0.0179. The molecule has 0 saturated carbocycles. The maximum atomic E-state index is 12.0. The van der Waals surface area contributed by atoms with Crippen molar-refractivity contribution in [2.24, 2.45) is 5.92 Å². The topological polar surface area (TPSA) is 61.9 Å². The summed E-state index contributed by atoms with van der Waals surface area (Å²) in [5.41, 5.74) is 0. The first-order valence-electron chi connectivity index (χ1n) is 5.96. The highest BCUT2D eigenvalue weighted by Gasteiger charge is 2.55. The summed E-state index contributed by atoms with van der Waals surface area (Å²) >= 11 is 0. The fourth-order valence-corrected chi connectivity index (χ4v) is 3.37. The molecule has 3 saturated heterocycles. The number of likely N-dealkylation sites (N-methyl/N-ethyl adjacent to an activating group) is 1. The second kappa shape index (κ2) is 3.60. The lowest BCUT2D eigenvalue weighted by Crippen LogP contribution is -2.48. The Morgan fingerprint density at radius 1 is 1.47 bits per heavy atom. The molecule has 0 aromatic rings. The minimum Gasteiger partial charge on any atom is -0.383 e. The van der Waals surface area contributed by atoms with Gasteiger partial charge in [-0.15, -0.1) is 0 Å². The van der Waals surface area contributed by atoms with Gasteiger partial charge in [0.2, 0.25) is 5.91 Å². The lowest BCUT2D eigenvalue weighted by Gasteiger charge is -2.32. The molecular weight excluding hydrogens is 222 g/mol. The third kappa shape index (κ3) is 1.36. The molecule has 6 nitrogen and oxygen atoms in total. The molecule has 17 heavy (non-hydrogen) atoms. The van der Waals surface area contributed by atoms with Crippen molar-refractivity contribution >= 4 is 11.9 Å². The van der Waals surface area contributed by atoms with Gasteiger partial charge in [0.15, 0.2) is 0 Å². The number of fused-ring (bicyclic) bond motifs is 4. The van der Waals surface area contributed by atoms with E-state index in [4.69, 9.17) is 4.74 Å². The van der Waals surface area contributed by atoms with Crippen molar-refractivity contribution in [1.82, 2.24) is 15.1 Å². The molecule has 2 bridgehead atoms. The summed E-state index contributed by atoms with van der Waals surface area (Å²) in [5.74, 6) is 0.161. The van der Waals surface area contributed by atoms with Crippen LogP contribution in [0.25, 0.3) is 0 Å². The molecule has 3 aliphatic rings. The summed E-state index contributed by atoms with van der Waals surface area (Å²) in [7, 11) is 3.45. The van der Waals surface area contributed by atoms with E-state index in [1.54, 1.807) is 16.9 Å². The Bertz CT molecular complexity index is 373. The number of ether oxygens (including phenoxy) is 1. The Hall–Kier alpha value is -1.30. The van der Waals surface area contributed by atoms with Crippen molar-refractivity contribution in [1.29, 1.82) is 0 Å². The summed E-state index contributed by atoms with van der Waals surface area (Å²) in [4.78, 5) is 27.4. The first-order chi connectivity index (χ1) is 8.13.